The Morgan fingerprint density at radius 1 is 1.24 bits per heavy atom. The third-order valence-electron chi connectivity index (χ3n) is 3.56. The van der Waals surface area contributed by atoms with Gasteiger partial charge >= 0.3 is 0 Å². The molecule has 2 N–H and O–H groups in total. The first-order valence-electron chi connectivity index (χ1n) is 6.30. The highest BCUT2D eigenvalue weighted by Crippen LogP contribution is 2.31. The number of aliphatic hydroxyl groups excluding tert-OH is 1. The Kier molecular flexibility index (Phi) is 3.67. The first-order chi connectivity index (χ1) is 8.13. The smallest absolute Gasteiger partial charge is 0.125 e. The van der Waals surface area contributed by atoms with E-state index in [1.165, 1.54) is 18.6 Å². The van der Waals surface area contributed by atoms with E-state index < -0.39 is 0 Å². The van der Waals surface area contributed by atoms with E-state index in [2.05, 4.69) is 5.32 Å². The first kappa shape index (κ1) is 12.4. The highest BCUT2D eigenvalue weighted by Gasteiger charge is 2.31. The van der Waals surface area contributed by atoms with Crippen LogP contribution in [0.15, 0.2) is 18.2 Å². The minimum atomic E-state index is -0.252. The summed E-state index contributed by atoms with van der Waals surface area (Å²) in [5.41, 5.74) is 1.42. The zero-order valence-corrected chi connectivity index (χ0v) is 10.3. The summed E-state index contributed by atoms with van der Waals surface area (Å²) in [6.45, 7) is 1.99. The minimum Gasteiger partial charge on any atom is -0.394 e. The van der Waals surface area contributed by atoms with Crippen LogP contribution in [-0.4, -0.2) is 17.3 Å². The topological polar surface area (TPSA) is 32.3 Å². The molecule has 0 saturated heterocycles. The summed E-state index contributed by atoms with van der Waals surface area (Å²) in [5, 5.41) is 12.9. The molecular formula is C14H20FNO. The van der Waals surface area contributed by atoms with Gasteiger partial charge in [0.15, 0.2) is 0 Å². The summed E-state index contributed by atoms with van der Waals surface area (Å²) in [6, 6.07) is 4.94. The van der Waals surface area contributed by atoms with Crippen LogP contribution in [-0.2, 0) is 0 Å². The quantitative estimate of drug-likeness (QED) is 0.845. The minimum absolute atomic E-state index is 0.114. The Bertz CT molecular complexity index is 366. The summed E-state index contributed by atoms with van der Waals surface area (Å²) in [4.78, 5) is 0. The number of benzene rings is 1. The lowest BCUT2D eigenvalue weighted by molar-refractivity contribution is 0.173. The van der Waals surface area contributed by atoms with Crippen molar-refractivity contribution in [2.45, 2.75) is 44.6 Å². The summed E-state index contributed by atoms with van der Waals surface area (Å²) < 4.78 is 13.3. The molecule has 0 heterocycles. The molecule has 0 spiro atoms. The van der Waals surface area contributed by atoms with Crippen LogP contribution < -0.4 is 5.32 Å². The molecular weight excluding hydrogens is 217 g/mol. The number of halogens is 1. The summed E-state index contributed by atoms with van der Waals surface area (Å²) in [7, 11) is 0. The molecule has 1 aromatic carbocycles. The van der Waals surface area contributed by atoms with Crippen LogP contribution in [0, 0.1) is 12.7 Å². The Labute approximate surface area is 102 Å². The summed E-state index contributed by atoms with van der Waals surface area (Å²) in [6.07, 6.45) is 5.40. The highest BCUT2D eigenvalue weighted by molar-refractivity contribution is 5.48. The number of hydrogen-bond donors (Lipinski definition) is 2. The molecule has 1 aromatic rings. The Morgan fingerprint density at radius 3 is 2.53 bits per heavy atom. The number of aryl methyl sites for hydroxylation is 1. The molecule has 1 aliphatic carbocycles. The van der Waals surface area contributed by atoms with E-state index in [-0.39, 0.29) is 18.0 Å². The lowest BCUT2D eigenvalue weighted by Crippen LogP contribution is -2.43. The second-order valence-electron chi connectivity index (χ2n) is 5.14. The SMILES string of the molecule is Cc1cc(F)cc(NC2(CO)CCCCC2)c1. The molecule has 0 amide bonds. The third-order valence-corrected chi connectivity index (χ3v) is 3.56. The fraction of sp³-hybridized carbons (Fsp3) is 0.571. The van der Waals surface area contributed by atoms with E-state index in [1.807, 2.05) is 13.0 Å². The Morgan fingerprint density at radius 2 is 1.94 bits per heavy atom. The average molecular weight is 237 g/mol. The molecule has 17 heavy (non-hydrogen) atoms. The van der Waals surface area contributed by atoms with Gasteiger partial charge < -0.3 is 10.4 Å². The Balaban J connectivity index is 2.17. The molecule has 1 aliphatic rings. The largest absolute Gasteiger partial charge is 0.394 e. The van der Waals surface area contributed by atoms with E-state index in [0.717, 1.165) is 36.9 Å². The second-order valence-corrected chi connectivity index (χ2v) is 5.14. The first-order valence-corrected chi connectivity index (χ1v) is 6.30. The molecule has 0 unspecified atom stereocenters. The van der Waals surface area contributed by atoms with E-state index >= 15 is 0 Å². The molecule has 94 valence electrons. The molecule has 0 atom stereocenters. The monoisotopic (exact) mass is 237 g/mol. The van der Waals surface area contributed by atoms with Crippen molar-refractivity contribution in [1.29, 1.82) is 0 Å². The van der Waals surface area contributed by atoms with E-state index in [0.29, 0.717) is 0 Å². The Hall–Kier alpha value is -1.09. The van der Waals surface area contributed by atoms with E-state index in [9.17, 15) is 9.50 Å². The average Bonchev–Trinajstić information content (AvgIpc) is 2.29. The van der Waals surface area contributed by atoms with Crippen LogP contribution in [0.2, 0.25) is 0 Å². The van der Waals surface area contributed by atoms with Crippen LogP contribution in [0.3, 0.4) is 0 Å². The molecule has 3 heteroatoms. The maximum Gasteiger partial charge on any atom is 0.125 e. The van der Waals surface area contributed by atoms with Crippen molar-refractivity contribution in [2.75, 3.05) is 11.9 Å². The van der Waals surface area contributed by atoms with Gasteiger partial charge in [-0.2, -0.15) is 0 Å². The number of hydrogen-bond acceptors (Lipinski definition) is 2. The van der Waals surface area contributed by atoms with Gasteiger partial charge in [-0.3, -0.25) is 0 Å². The highest BCUT2D eigenvalue weighted by atomic mass is 19.1. The second kappa shape index (κ2) is 5.05. The molecule has 2 rings (SSSR count). The van der Waals surface area contributed by atoms with Crippen molar-refractivity contribution in [3.05, 3.63) is 29.6 Å². The molecule has 1 fully saturated rings. The summed E-state index contributed by atoms with van der Waals surface area (Å²) in [5.74, 6) is -0.226. The van der Waals surface area contributed by atoms with Gasteiger partial charge in [0.25, 0.3) is 0 Å². The number of nitrogens with one attached hydrogen (secondary N) is 1. The maximum absolute atomic E-state index is 13.3. The van der Waals surface area contributed by atoms with Crippen molar-refractivity contribution >= 4 is 5.69 Å². The molecule has 1 saturated carbocycles. The van der Waals surface area contributed by atoms with Gasteiger partial charge in [0.05, 0.1) is 12.1 Å². The van der Waals surface area contributed by atoms with Crippen molar-refractivity contribution in [3.8, 4) is 0 Å². The number of anilines is 1. The molecule has 0 bridgehead atoms. The van der Waals surface area contributed by atoms with Crippen LogP contribution in [0.5, 0.6) is 0 Å². The zero-order valence-electron chi connectivity index (χ0n) is 10.3. The standard InChI is InChI=1S/C14H20FNO/c1-11-7-12(15)9-13(8-11)16-14(10-17)5-3-2-4-6-14/h7-9,16-17H,2-6,10H2,1H3. The van der Waals surface area contributed by atoms with Crippen molar-refractivity contribution in [3.63, 3.8) is 0 Å². The van der Waals surface area contributed by atoms with Crippen molar-refractivity contribution in [1.82, 2.24) is 0 Å². The van der Waals surface area contributed by atoms with Gasteiger partial charge in [0.1, 0.15) is 5.82 Å². The van der Waals surface area contributed by atoms with Crippen molar-refractivity contribution < 1.29 is 9.50 Å². The van der Waals surface area contributed by atoms with Gasteiger partial charge in [-0.05, 0) is 43.5 Å². The number of rotatable bonds is 3. The maximum atomic E-state index is 13.3. The van der Waals surface area contributed by atoms with E-state index in [1.54, 1.807) is 0 Å². The van der Waals surface area contributed by atoms with Crippen LogP contribution >= 0.6 is 0 Å². The summed E-state index contributed by atoms with van der Waals surface area (Å²) >= 11 is 0. The molecule has 0 aromatic heterocycles. The van der Waals surface area contributed by atoms with Gasteiger partial charge in [-0.15, -0.1) is 0 Å². The van der Waals surface area contributed by atoms with E-state index in [4.69, 9.17) is 0 Å². The fourth-order valence-corrected chi connectivity index (χ4v) is 2.67. The fourth-order valence-electron chi connectivity index (χ4n) is 2.67. The van der Waals surface area contributed by atoms with Crippen molar-refractivity contribution in [2.24, 2.45) is 0 Å². The molecule has 0 radical (unpaired) electrons. The van der Waals surface area contributed by atoms with Gasteiger partial charge in [0.2, 0.25) is 0 Å². The number of aliphatic hydroxyl groups is 1. The van der Waals surface area contributed by atoms with Gasteiger partial charge in [-0.25, -0.2) is 4.39 Å². The predicted octanol–water partition coefficient (Wildman–Crippen LogP) is 3.24. The lowest BCUT2D eigenvalue weighted by Gasteiger charge is -2.37. The van der Waals surface area contributed by atoms with Crippen LogP contribution in [0.1, 0.15) is 37.7 Å². The third kappa shape index (κ3) is 2.97. The van der Waals surface area contributed by atoms with Gasteiger partial charge in [-0.1, -0.05) is 19.3 Å². The normalized spacial score (nSPS) is 19.0. The predicted molar refractivity (Wildman–Crippen MR) is 67.7 cm³/mol. The zero-order chi connectivity index (χ0) is 12.3. The van der Waals surface area contributed by atoms with Gasteiger partial charge in [0, 0.05) is 5.69 Å². The molecule has 0 aliphatic heterocycles. The lowest BCUT2D eigenvalue weighted by atomic mass is 9.82. The molecule has 2 nitrogen and oxygen atoms in total. The van der Waals surface area contributed by atoms with Crippen LogP contribution in [0.25, 0.3) is 0 Å². The van der Waals surface area contributed by atoms with Crippen LogP contribution in [0.4, 0.5) is 10.1 Å².